The average Bonchev–Trinajstić information content (AvgIpc) is 3.36. The molecule has 1 N–H and O–H groups in total. The predicted octanol–water partition coefficient (Wildman–Crippen LogP) is 2.32. The smallest absolute Gasteiger partial charge is 0.407 e. The van der Waals surface area contributed by atoms with E-state index in [9.17, 15) is 14.4 Å². The molecule has 0 saturated carbocycles. The number of anilines is 1. The molecule has 1 aromatic carbocycles. The maximum Gasteiger partial charge on any atom is 0.407 e. The largest absolute Gasteiger partial charge is 0.450 e. The highest BCUT2D eigenvalue weighted by molar-refractivity contribution is 5.80. The molecule has 0 spiro atoms. The molecule has 12 nitrogen and oxygen atoms in total. The van der Waals surface area contributed by atoms with Gasteiger partial charge in [0.1, 0.15) is 5.82 Å². The minimum atomic E-state index is -0.508. The number of hydrogen-bond acceptors (Lipinski definition) is 8. The van der Waals surface area contributed by atoms with Gasteiger partial charge in [-0.3, -0.25) is 18.5 Å². The van der Waals surface area contributed by atoms with Crippen LogP contribution in [0.15, 0.2) is 33.9 Å². The Hall–Kier alpha value is -4.66. The lowest BCUT2D eigenvalue weighted by Crippen LogP contribution is -2.48. The number of nitrogens with zero attached hydrogens (tertiary/aromatic N) is 7. The SMILES string of the molecule is CC#CCn1c(N2CCC[C@@H](NC(=O)OCCC)C2)nc2c1c(=O)n(Cc1nc(C)c3ccccc3n1)c(=O)n2C. The summed E-state index contributed by atoms with van der Waals surface area (Å²) in [6.07, 6.45) is 1.91. The first kappa shape index (κ1) is 27.9. The van der Waals surface area contributed by atoms with Crippen molar-refractivity contribution in [3.05, 3.63) is 56.6 Å². The molecule has 214 valence electrons. The van der Waals surface area contributed by atoms with Gasteiger partial charge in [-0.25, -0.2) is 19.6 Å². The van der Waals surface area contributed by atoms with Crippen LogP contribution in [-0.2, 0) is 24.9 Å². The van der Waals surface area contributed by atoms with Crippen molar-refractivity contribution >= 4 is 34.1 Å². The fourth-order valence-electron chi connectivity index (χ4n) is 5.24. The summed E-state index contributed by atoms with van der Waals surface area (Å²) in [5, 5.41) is 3.85. The molecular formula is C29H34N8O4. The number of amides is 1. The summed E-state index contributed by atoms with van der Waals surface area (Å²) in [4.78, 5) is 55.5. The Morgan fingerprint density at radius 3 is 2.76 bits per heavy atom. The number of hydrogen-bond donors (Lipinski definition) is 1. The lowest BCUT2D eigenvalue weighted by atomic mass is 10.1. The highest BCUT2D eigenvalue weighted by Crippen LogP contribution is 2.23. The monoisotopic (exact) mass is 558 g/mol. The Morgan fingerprint density at radius 1 is 1.17 bits per heavy atom. The first-order valence-corrected chi connectivity index (χ1v) is 13.8. The number of fused-ring (bicyclic) bond motifs is 2. The van der Waals surface area contributed by atoms with Gasteiger partial charge in [0.05, 0.1) is 25.2 Å². The van der Waals surface area contributed by atoms with Crippen LogP contribution in [0.1, 0.15) is 44.6 Å². The van der Waals surface area contributed by atoms with E-state index in [-0.39, 0.29) is 30.3 Å². The van der Waals surface area contributed by atoms with Gasteiger partial charge in [0, 0.05) is 37.3 Å². The van der Waals surface area contributed by atoms with Crippen LogP contribution in [0.4, 0.5) is 10.7 Å². The van der Waals surface area contributed by atoms with Crippen molar-refractivity contribution < 1.29 is 9.53 Å². The van der Waals surface area contributed by atoms with Gasteiger partial charge in [-0.1, -0.05) is 31.0 Å². The molecule has 0 radical (unpaired) electrons. The zero-order valence-corrected chi connectivity index (χ0v) is 23.8. The number of rotatable bonds is 7. The molecule has 1 amide bonds. The van der Waals surface area contributed by atoms with E-state index >= 15 is 0 Å². The molecule has 4 heterocycles. The average molecular weight is 559 g/mol. The number of imidazole rings is 1. The zero-order chi connectivity index (χ0) is 29.1. The molecule has 0 unspecified atom stereocenters. The number of nitrogens with one attached hydrogen (secondary N) is 1. The molecular weight excluding hydrogens is 524 g/mol. The second-order valence-electron chi connectivity index (χ2n) is 10.1. The van der Waals surface area contributed by atoms with Gasteiger partial charge in [-0.2, -0.15) is 4.98 Å². The van der Waals surface area contributed by atoms with E-state index in [1.165, 1.54) is 4.57 Å². The van der Waals surface area contributed by atoms with Crippen LogP contribution in [0, 0.1) is 18.8 Å². The number of aromatic nitrogens is 6. The first-order chi connectivity index (χ1) is 19.8. The van der Waals surface area contributed by atoms with Crippen LogP contribution >= 0.6 is 0 Å². The molecule has 5 rings (SSSR count). The fourth-order valence-corrected chi connectivity index (χ4v) is 5.24. The normalized spacial score (nSPS) is 15.1. The second kappa shape index (κ2) is 11.8. The van der Waals surface area contributed by atoms with Crippen LogP contribution in [-0.4, -0.2) is 60.5 Å². The lowest BCUT2D eigenvalue weighted by Gasteiger charge is -2.33. The third-order valence-corrected chi connectivity index (χ3v) is 7.23. The van der Waals surface area contributed by atoms with E-state index in [0.29, 0.717) is 31.5 Å². The van der Waals surface area contributed by atoms with Crippen molar-refractivity contribution in [3.63, 3.8) is 0 Å². The van der Waals surface area contributed by atoms with Crippen LogP contribution < -0.4 is 21.5 Å². The summed E-state index contributed by atoms with van der Waals surface area (Å²) in [6.45, 7) is 7.21. The van der Waals surface area contributed by atoms with Crippen LogP contribution in [0.2, 0.25) is 0 Å². The number of ether oxygens (including phenoxy) is 1. The van der Waals surface area contributed by atoms with E-state index < -0.39 is 17.3 Å². The third-order valence-electron chi connectivity index (χ3n) is 7.23. The highest BCUT2D eigenvalue weighted by Gasteiger charge is 2.28. The fraction of sp³-hybridized carbons (Fsp3) is 0.448. The van der Waals surface area contributed by atoms with Crippen LogP contribution in [0.25, 0.3) is 22.1 Å². The molecule has 3 aromatic heterocycles. The molecule has 0 aliphatic carbocycles. The number of alkyl carbamates (subject to hydrolysis) is 1. The van der Waals surface area contributed by atoms with Crippen molar-refractivity contribution in [1.82, 2.24) is 34.0 Å². The highest BCUT2D eigenvalue weighted by atomic mass is 16.5. The molecule has 1 fully saturated rings. The lowest BCUT2D eigenvalue weighted by molar-refractivity contribution is 0.141. The van der Waals surface area contributed by atoms with E-state index in [1.54, 1.807) is 18.5 Å². The maximum atomic E-state index is 13.9. The Balaban J connectivity index is 1.56. The number of carbonyl (C=O) groups excluding carboxylic acids is 1. The molecule has 1 atom stereocenters. The van der Waals surface area contributed by atoms with E-state index in [1.807, 2.05) is 43.0 Å². The summed E-state index contributed by atoms with van der Waals surface area (Å²) in [5.41, 5.74) is 1.08. The van der Waals surface area contributed by atoms with Crippen molar-refractivity contribution in [3.8, 4) is 11.8 Å². The van der Waals surface area contributed by atoms with Crippen LogP contribution in [0.5, 0.6) is 0 Å². The molecule has 1 aliphatic rings. The summed E-state index contributed by atoms with van der Waals surface area (Å²) in [5.74, 6) is 6.83. The van der Waals surface area contributed by atoms with E-state index in [2.05, 4.69) is 27.1 Å². The minimum absolute atomic E-state index is 0.0807. The van der Waals surface area contributed by atoms with Crippen molar-refractivity contribution in [1.29, 1.82) is 0 Å². The van der Waals surface area contributed by atoms with Crippen LogP contribution in [0.3, 0.4) is 0 Å². The molecule has 0 bridgehead atoms. The molecule has 4 aromatic rings. The quantitative estimate of drug-likeness (QED) is 0.342. The number of para-hydroxylation sites is 1. The summed E-state index contributed by atoms with van der Waals surface area (Å²) < 4.78 is 9.49. The van der Waals surface area contributed by atoms with Gasteiger partial charge >= 0.3 is 11.8 Å². The molecule has 12 heteroatoms. The van der Waals surface area contributed by atoms with E-state index in [0.717, 1.165) is 40.4 Å². The van der Waals surface area contributed by atoms with Gasteiger partial charge in [-0.05, 0) is 39.2 Å². The van der Waals surface area contributed by atoms with Crippen molar-refractivity contribution in [2.45, 2.75) is 59.2 Å². The van der Waals surface area contributed by atoms with E-state index in [4.69, 9.17) is 9.72 Å². The first-order valence-electron chi connectivity index (χ1n) is 13.8. The Kier molecular flexibility index (Phi) is 8.05. The number of piperidine rings is 1. The Labute approximate surface area is 237 Å². The Bertz CT molecular complexity index is 1790. The predicted molar refractivity (Wildman–Crippen MR) is 156 cm³/mol. The maximum absolute atomic E-state index is 13.9. The standard InChI is InChI=1S/C29H34N8O4/c1-5-7-15-36-24-25(33-27(36)35-14-10-11-20(17-35)31-28(39)41-16-6-2)34(4)29(40)37(26(24)38)18-23-30-19(3)21-12-8-9-13-22(21)32-23/h8-9,12-13,20H,6,10-11,14-18H2,1-4H3,(H,31,39)/t20-/m1/s1. The Morgan fingerprint density at radius 2 is 1.98 bits per heavy atom. The topological polar surface area (TPSA) is 129 Å². The number of carbonyl (C=O) groups is 1. The molecule has 1 saturated heterocycles. The number of aryl methyl sites for hydroxylation is 2. The molecule has 41 heavy (non-hydrogen) atoms. The summed E-state index contributed by atoms with van der Waals surface area (Å²) in [6, 6.07) is 7.48. The second-order valence-corrected chi connectivity index (χ2v) is 10.1. The summed E-state index contributed by atoms with van der Waals surface area (Å²) >= 11 is 0. The number of benzene rings is 1. The van der Waals surface area contributed by atoms with Gasteiger partial charge in [0.2, 0.25) is 5.95 Å². The van der Waals surface area contributed by atoms with Crippen molar-refractivity contribution in [2.24, 2.45) is 7.05 Å². The van der Waals surface area contributed by atoms with Gasteiger partial charge in [0.15, 0.2) is 11.2 Å². The van der Waals surface area contributed by atoms with Crippen molar-refractivity contribution in [2.75, 3.05) is 24.6 Å². The van der Waals surface area contributed by atoms with Gasteiger partial charge in [0.25, 0.3) is 5.56 Å². The summed E-state index contributed by atoms with van der Waals surface area (Å²) in [7, 11) is 1.60. The zero-order valence-electron chi connectivity index (χ0n) is 23.8. The van der Waals surface area contributed by atoms with Gasteiger partial charge < -0.3 is 15.0 Å². The third kappa shape index (κ3) is 5.52. The minimum Gasteiger partial charge on any atom is -0.450 e. The van der Waals surface area contributed by atoms with Gasteiger partial charge in [-0.15, -0.1) is 5.92 Å². The molecule has 1 aliphatic heterocycles.